The molecule has 0 spiro atoms. The quantitative estimate of drug-likeness (QED) is 0.767. The van der Waals surface area contributed by atoms with Crippen LogP contribution in [0.1, 0.15) is 51.4 Å². The molecule has 4 heteroatoms. The van der Waals surface area contributed by atoms with E-state index in [0.29, 0.717) is 10.5 Å². The van der Waals surface area contributed by atoms with Crippen LogP contribution in [0.15, 0.2) is 0 Å². The summed E-state index contributed by atoms with van der Waals surface area (Å²) in [5, 5.41) is 20.5. The molecule has 4 atom stereocenters. The topological polar surface area (TPSA) is 40.5 Å². The largest absolute Gasteiger partial charge is 0.392 e. The molecule has 2 rings (SSSR count). The van der Waals surface area contributed by atoms with Gasteiger partial charge in [0.1, 0.15) is 0 Å². The highest BCUT2D eigenvalue weighted by Crippen LogP contribution is 2.42. The molecule has 0 heterocycles. The molecular formula is C12H22O2S2. The molecule has 0 bridgehead atoms. The van der Waals surface area contributed by atoms with Crippen molar-refractivity contribution in [2.24, 2.45) is 0 Å². The molecule has 2 aliphatic carbocycles. The van der Waals surface area contributed by atoms with Crippen molar-refractivity contribution < 1.29 is 10.2 Å². The summed E-state index contributed by atoms with van der Waals surface area (Å²) >= 11 is 0. The van der Waals surface area contributed by atoms with Crippen LogP contribution < -0.4 is 0 Å². The molecule has 0 aromatic heterocycles. The fraction of sp³-hybridized carbons (Fsp3) is 1.00. The molecule has 0 aromatic carbocycles. The fourth-order valence-electron chi connectivity index (χ4n) is 2.52. The van der Waals surface area contributed by atoms with Crippen molar-refractivity contribution in [3.8, 4) is 0 Å². The minimum atomic E-state index is -0.119. The van der Waals surface area contributed by atoms with Crippen LogP contribution >= 0.6 is 21.6 Å². The van der Waals surface area contributed by atoms with Crippen LogP contribution in [0.5, 0.6) is 0 Å². The molecule has 0 unspecified atom stereocenters. The van der Waals surface area contributed by atoms with Gasteiger partial charge in [-0.2, -0.15) is 0 Å². The van der Waals surface area contributed by atoms with Gasteiger partial charge in [0.25, 0.3) is 0 Å². The van der Waals surface area contributed by atoms with Crippen molar-refractivity contribution in [3.05, 3.63) is 0 Å². The highest BCUT2D eigenvalue weighted by Gasteiger charge is 2.28. The summed E-state index contributed by atoms with van der Waals surface area (Å²) < 4.78 is 0. The Kier molecular flexibility index (Phi) is 5.33. The highest BCUT2D eigenvalue weighted by molar-refractivity contribution is 8.77. The average molecular weight is 262 g/mol. The van der Waals surface area contributed by atoms with Crippen molar-refractivity contribution in [2.75, 3.05) is 0 Å². The smallest absolute Gasteiger partial charge is 0.0667 e. The minimum absolute atomic E-state index is 0.119. The van der Waals surface area contributed by atoms with Gasteiger partial charge in [-0.15, -0.1) is 0 Å². The second-order valence-corrected chi connectivity index (χ2v) is 7.72. The van der Waals surface area contributed by atoms with Gasteiger partial charge in [0.15, 0.2) is 0 Å². The molecule has 2 aliphatic rings. The summed E-state index contributed by atoms with van der Waals surface area (Å²) in [6.45, 7) is 0. The number of aliphatic hydroxyl groups is 2. The molecule has 0 saturated heterocycles. The van der Waals surface area contributed by atoms with Crippen molar-refractivity contribution in [2.45, 2.75) is 74.1 Å². The van der Waals surface area contributed by atoms with E-state index in [4.69, 9.17) is 0 Å². The van der Waals surface area contributed by atoms with Gasteiger partial charge in [-0.1, -0.05) is 47.3 Å². The summed E-state index contributed by atoms with van der Waals surface area (Å²) in [5.41, 5.74) is 0. The van der Waals surface area contributed by atoms with E-state index >= 15 is 0 Å². The third-order valence-electron chi connectivity index (χ3n) is 3.64. The van der Waals surface area contributed by atoms with Crippen LogP contribution in [0, 0.1) is 0 Å². The van der Waals surface area contributed by atoms with E-state index in [1.165, 1.54) is 25.7 Å². The number of aliphatic hydroxyl groups excluding tert-OH is 2. The van der Waals surface area contributed by atoms with Gasteiger partial charge in [-0.05, 0) is 25.7 Å². The van der Waals surface area contributed by atoms with E-state index < -0.39 is 0 Å². The van der Waals surface area contributed by atoms with Gasteiger partial charge in [0.2, 0.25) is 0 Å². The molecule has 0 radical (unpaired) electrons. The van der Waals surface area contributed by atoms with Crippen LogP contribution in [0.4, 0.5) is 0 Å². The lowest BCUT2D eigenvalue weighted by molar-refractivity contribution is 0.136. The Labute approximate surface area is 106 Å². The average Bonchev–Trinajstić information content (AvgIpc) is 2.30. The molecule has 2 nitrogen and oxygen atoms in total. The predicted molar refractivity (Wildman–Crippen MR) is 71.7 cm³/mol. The van der Waals surface area contributed by atoms with Crippen molar-refractivity contribution in [1.29, 1.82) is 0 Å². The first-order chi connectivity index (χ1) is 7.77. The van der Waals surface area contributed by atoms with Gasteiger partial charge in [0.05, 0.1) is 12.2 Å². The van der Waals surface area contributed by atoms with E-state index in [1.807, 2.05) is 21.6 Å². The molecule has 94 valence electrons. The maximum Gasteiger partial charge on any atom is 0.0667 e. The Bertz CT molecular complexity index is 191. The maximum atomic E-state index is 9.87. The Morgan fingerprint density at radius 1 is 0.625 bits per heavy atom. The number of hydrogen-bond donors (Lipinski definition) is 2. The first kappa shape index (κ1) is 13.1. The van der Waals surface area contributed by atoms with Crippen LogP contribution in [-0.4, -0.2) is 32.9 Å². The number of hydrogen-bond acceptors (Lipinski definition) is 4. The Morgan fingerprint density at radius 3 is 1.38 bits per heavy atom. The third kappa shape index (κ3) is 3.56. The summed E-state index contributed by atoms with van der Waals surface area (Å²) in [5.74, 6) is 0. The molecule has 0 amide bonds. The first-order valence-electron chi connectivity index (χ1n) is 6.45. The minimum Gasteiger partial charge on any atom is -0.392 e. The van der Waals surface area contributed by atoms with E-state index in [1.54, 1.807) is 0 Å². The zero-order valence-corrected chi connectivity index (χ0v) is 11.3. The van der Waals surface area contributed by atoms with E-state index in [9.17, 15) is 10.2 Å². The molecule has 2 N–H and O–H groups in total. The van der Waals surface area contributed by atoms with Gasteiger partial charge in [-0.25, -0.2) is 0 Å². The van der Waals surface area contributed by atoms with Gasteiger partial charge in [-0.3, -0.25) is 0 Å². The van der Waals surface area contributed by atoms with Crippen LogP contribution in [0.3, 0.4) is 0 Å². The van der Waals surface area contributed by atoms with E-state index in [-0.39, 0.29) is 12.2 Å². The molecule has 0 aliphatic heterocycles. The monoisotopic (exact) mass is 262 g/mol. The summed E-state index contributed by atoms with van der Waals surface area (Å²) in [6, 6.07) is 0. The van der Waals surface area contributed by atoms with Gasteiger partial charge < -0.3 is 10.2 Å². The van der Waals surface area contributed by atoms with Gasteiger partial charge >= 0.3 is 0 Å². The van der Waals surface area contributed by atoms with Crippen molar-refractivity contribution >= 4 is 21.6 Å². The summed E-state index contributed by atoms with van der Waals surface area (Å²) in [4.78, 5) is 0. The van der Waals surface area contributed by atoms with Crippen molar-refractivity contribution in [1.82, 2.24) is 0 Å². The fourth-order valence-corrected chi connectivity index (χ4v) is 6.06. The lowest BCUT2D eigenvalue weighted by Gasteiger charge is -2.31. The number of rotatable bonds is 3. The molecule has 16 heavy (non-hydrogen) atoms. The Balaban J connectivity index is 1.72. The first-order valence-corrected chi connectivity index (χ1v) is 8.73. The Hall–Kier alpha value is 0.620. The molecular weight excluding hydrogens is 240 g/mol. The van der Waals surface area contributed by atoms with E-state index in [0.717, 1.165) is 25.7 Å². The Morgan fingerprint density at radius 2 is 1.00 bits per heavy atom. The second kappa shape index (κ2) is 6.53. The highest BCUT2D eigenvalue weighted by atomic mass is 33.1. The lowest BCUT2D eigenvalue weighted by atomic mass is 9.97. The van der Waals surface area contributed by atoms with Crippen LogP contribution in [0.2, 0.25) is 0 Å². The second-order valence-electron chi connectivity index (χ2n) is 4.97. The standard InChI is InChI=1S/C12H22O2S2/c13-9-5-1-3-7-11(9)15-16-12-8-4-2-6-10(12)14/h9-14H,1-8H2/t9-,10-,11-,12-/m0/s1. The SMILES string of the molecule is O[C@H]1CCCC[C@@H]1SS[C@H]1CCCC[C@@H]1O. The zero-order valence-electron chi connectivity index (χ0n) is 9.68. The summed E-state index contributed by atoms with van der Waals surface area (Å²) in [6.07, 6.45) is 8.83. The maximum absolute atomic E-state index is 9.87. The zero-order chi connectivity index (χ0) is 11.4. The molecule has 2 fully saturated rings. The summed E-state index contributed by atoms with van der Waals surface area (Å²) in [7, 11) is 3.64. The lowest BCUT2D eigenvalue weighted by Crippen LogP contribution is -2.29. The van der Waals surface area contributed by atoms with E-state index in [2.05, 4.69) is 0 Å². The molecule has 2 saturated carbocycles. The van der Waals surface area contributed by atoms with Crippen LogP contribution in [-0.2, 0) is 0 Å². The molecule has 0 aromatic rings. The third-order valence-corrected chi connectivity index (χ3v) is 7.16. The van der Waals surface area contributed by atoms with Crippen molar-refractivity contribution in [3.63, 3.8) is 0 Å². The normalized spacial score (nSPS) is 40.9. The predicted octanol–water partition coefficient (Wildman–Crippen LogP) is 2.97. The van der Waals surface area contributed by atoms with Gasteiger partial charge in [0, 0.05) is 10.5 Å². The van der Waals surface area contributed by atoms with Crippen LogP contribution in [0.25, 0.3) is 0 Å².